The van der Waals surface area contributed by atoms with E-state index in [2.05, 4.69) is 25.7 Å². The lowest BCUT2D eigenvalue weighted by molar-refractivity contribution is -0.170. The van der Waals surface area contributed by atoms with Crippen LogP contribution in [0, 0.1) is 17.3 Å². The Morgan fingerprint density at radius 1 is 1.03 bits per heavy atom. The number of carbonyl (C=O) groups is 3. The number of hydrogen-bond acceptors (Lipinski definition) is 7. The van der Waals surface area contributed by atoms with Crippen molar-refractivity contribution in [3.8, 4) is 0 Å². The maximum absolute atomic E-state index is 10.3. The molecule has 0 bridgehead atoms. The molecule has 10 heteroatoms. The van der Waals surface area contributed by atoms with Gasteiger partial charge in [0.1, 0.15) is 0 Å². The Labute approximate surface area is 189 Å². The molecule has 4 atom stereocenters. The van der Waals surface area contributed by atoms with Crippen LogP contribution >= 0.6 is 0 Å². The molecule has 0 unspecified atom stereocenters. The Morgan fingerprint density at radius 2 is 1.53 bits per heavy atom. The highest BCUT2D eigenvalue weighted by molar-refractivity contribution is 5.88. The first-order valence-corrected chi connectivity index (χ1v) is 11.1. The number of likely N-dealkylation sites (N-methyl/N-ethyl adjacent to an activating group) is 1. The summed E-state index contributed by atoms with van der Waals surface area (Å²) >= 11 is 0. The molecular weight excluding hydrogens is 422 g/mol. The summed E-state index contributed by atoms with van der Waals surface area (Å²) in [6, 6.07) is 0. The number of rotatable bonds is 12. The molecule has 0 aromatic carbocycles. The molecule has 2 fully saturated rings. The molecule has 32 heavy (non-hydrogen) atoms. The van der Waals surface area contributed by atoms with Gasteiger partial charge in [0.25, 0.3) is 0 Å². The summed E-state index contributed by atoms with van der Waals surface area (Å²) in [5.41, 5.74) is -2.95. The fourth-order valence-corrected chi connectivity index (χ4v) is 4.67. The molecule has 0 aromatic heterocycles. The van der Waals surface area contributed by atoms with Crippen molar-refractivity contribution in [2.24, 2.45) is 17.3 Å². The first-order valence-electron chi connectivity index (χ1n) is 11.1. The molecule has 10 nitrogen and oxygen atoms in total. The fraction of sp³-hybridized carbons (Fsp3) is 0.864. The molecule has 0 radical (unpaired) electrons. The standard InChI is InChI=1S/C16H31NO2.C6H8O7/c1-6-17(7-2)8-9-19-14-10-12(15(3,4)18)13-11-16(13,14)5;7-3(8)1-6(13,5(11)12)2-4(9)10/h12-14,18H,6-11H2,1-5H3;13H,1-2H2,(H,7,8)(H,9,10)(H,11,12)/t12-,13+,14+,16+;/m1./s1. The number of fused-ring (bicyclic) bond motifs is 1. The second-order valence-electron chi connectivity index (χ2n) is 9.68. The summed E-state index contributed by atoms with van der Waals surface area (Å²) < 4.78 is 6.17. The maximum Gasteiger partial charge on any atom is 0.336 e. The van der Waals surface area contributed by atoms with Gasteiger partial charge in [0.05, 0.1) is 31.2 Å². The van der Waals surface area contributed by atoms with Crippen LogP contribution in [0.5, 0.6) is 0 Å². The lowest BCUT2D eigenvalue weighted by atomic mass is 9.86. The quantitative estimate of drug-likeness (QED) is 0.286. The Morgan fingerprint density at radius 3 is 1.88 bits per heavy atom. The SMILES string of the molecule is CCN(CC)CCO[C@H]1C[C@@H](C(C)(C)O)[C@@H]2C[C@]12C.O=C(O)CC(O)(CC(=O)O)C(=O)O. The van der Waals surface area contributed by atoms with Crippen molar-refractivity contribution >= 4 is 17.9 Å². The molecule has 5 N–H and O–H groups in total. The molecule has 0 aromatic rings. The predicted molar refractivity (Wildman–Crippen MR) is 115 cm³/mol. The summed E-state index contributed by atoms with van der Waals surface area (Å²) in [6.45, 7) is 14.7. The van der Waals surface area contributed by atoms with E-state index < -0.39 is 42.0 Å². The average molecular weight is 462 g/mol. The van der Waals surface area contributed by atoms with Crippen LogP contribution in [0.15, 0.2) is 0 Å². The molecule has 186 valence electrons. The third-order valence-electron chi connectivity index (χ3n) is 6.85. The van der Waals surface area contributed by atoms with E-state index in [0.717, 1.165) is 32.7 Å². The molecular formula is C22H39NO9. The maximum atomic E-state index is 10.3. The van der Waals surface area contributed by atoms with Crippen molar-refractivity contribution < 1.29 is 44.7 Å². The van der Waals surface area contributed by atoms with E-state index in [-0.39, 0.29) is 0 Å². The second-order valence-corrected chi connectivity index (χ2v) is 9.68. The zero-order valence-electron chi connectivity index (χ0n) is 19.7. The molecule has 2 aliphatic carbocycles. The zero-order chi connectivity index (χ0) is 24.9. The van der Waals surface area contributed by atoms with Crippen molar-refractivity contribution in [3.05, 3.63) is 0 Å². The normalized spacial score (nSPS) is 26.8. The van der Waals surface area contributed by atoms with Gasteiger partial charge in [0, 0.05) is 6.54 Å². The summed E-state index contributed by atoms with van der Waals surface area (Å²) in [5.74, 6) is -3.93. The molecule has 0 aliphatic heterocycles. The monoisotopic (exact) mass is 461 g/mol. The van der Waals surface area contributed by atoms with Crippen LogP contribution in [-0.4, -0.2) is 91.9 Å². The predicted octanol–water partition coefficient (Wildman–Crippen LogP) is 1.28. The summed E-state index contributed by atoms with van der Waals surface area (Å²) in [6.07, 6.45) is 0.327. The third kappa shape index (κ3) is 7.40. The van der Waals surface area contributed by atoms with Gasteiger partial charge in [-0.05, 0) is 57.0 Å². The largest absolute Gasteiger partial charge is 0.481 e. The number of carboxylic acid groups (broad SMARTS) is 3. The van der Waals surface area contributed by atoms with Crippen LogP contribution in [0.4, 0.5) is 0 Å². The van der Waals surface area contributed by atoms with Gasteiger partial charge in [-0.25, -0.2) is 4.79 Å². The molecule has 0 saturated heterocycles. The van der Waals surface area contributed by atoms with Crippen molar-refractivity contribution in [1.29, 1.82) is 0 Å². The van der Waals surface area contributed by atoms with Gasteiger partial charge in [-0.15, -0.1) is 0 Å². The highest BCUT2D eigenvalue weighted by atomic mass is 16.5. The number of ether oxygens (including phenoxy) is 1. The minimum Gasteiger partial charge on any atom is -0.481 e. The van der Waals surface area contributed by atoms with E-state index in [1.165, 1.54) is 6.42 Å². The minimum absolute atomic E-state index is 0.341. The van der Waals surface area contributed by atoms with E-state index in [1.54, 1.807) is 0 Å². The minimum atomic E-state index is -2.74. The van der Waals surface area contributed by atoms with E-state index in [0.29, 0.717) is 23.4 Å². The third-order valence-corrected chi connectivity index (χ3v) is 6.85. The van der Waals surface area contributed by atoms with Gasteiger partial charge < -0.3 is 35.2 Å². The van der Waals surface area contributed by atoms with E-state index in [9.17, 15) is 19.5 Å². The molecule has 0 heterocycles. The first-order chi connectivity index (χ1) is 14.6. The number of carboxylic acids is 3. The first kappa shape index (κ1) is 28.3. The van der Waals surface area contributed by atoms with Crippen molar-refractivity contribution in [3.63, 3.8) is 0 Å². The number of nitrogens with zero attached hydrogens (tertiary/aromatic N) is 1. The van der Waals surface area contributed by atoms with Gasteiger partial charge in [0.15, 0.2) is 5.60 Å². The Kier molecular flexibility index (Phi) is 9.65. The highest BCUT2D eigenvalue weighted by Crippen LogP contribution is 2.68. The second kappa shape index (κ2) is 10.9. The van der Waals surface area contributed by atoms with Crippen molar-refractivity contribution in [1.82, 2.24) is 4.90 Å². The van der Waals surface area contributed by atoms with E-state index >= 15 is 0 Å². The Bertz CT molecular complexity index is 655. The summed E-state index contributed by atoms with van der Waals surface area (Å²) in [7, 11) is 0. The van der Waals surface area contributed by atoms with Crippen molar-refractivity contribution in [2.75, 3.05) is 26.2 Å². The average Bonchev–Trinajstić information content (AvgIpc) is 3.22. The lowest BCUT2D eigenvalue weighted by Crippen LogP contribution is -2.42. The van der Waals surface area contributed by atoms with Gasteiger partial charge in [0.2, 0.25) is 0 Å². The molecule has 0 amide bonds. The molecule has 0 spiro atoms. The van der Waals surface area contributed by atoms with Crippen molar-refractivity contribution in [2.45, 2.75) is 77.6 Å². The van der Waals surface area contributed by atoms with Crippen LogP contribution in [-0.2, 0) is 19.1 Å². The van der Waals surface area contributed by atoms with E-state index in [1.807, 2.05) is 13.8 Å². The number of aliphatic hydroxyl groups is 2. The van der Waals surface area contributed by atoms with Crippen LogP contribution in [0.2, 0.25) is 0 Å². The van der Waals surface area contributed by atoms with Crippen LogP contribution in [0.1, 0.15) is 60.3 Å². The molecule has 2 aliphatic rings. The van der Waals surface area contributed by atoms with Gasteiger partial charge in [-0.3, -0.25) is 9.59 Å². The van der Waals surface area contributed by atoms with Crippen LogP contribution in [0.3, 0.4) is 0 Å². The van der Waals surface area contributed by atoms with Gasteiger partial charge >= 0.3 is 17.9 Å². The van der Waals surface area contributed by atoms with Gasteiger partial charge in [-0.2, -0.15) is 0 Å². The topological polar surface area (TPSA) is 165 Å². The zero-order valence-corrected chi connectivity index (χ0v) is 19.7. The van der Waals surface area contributed by atoms with Crippen LogP contribution in [0.25, 0.3) is 0 Å². The lowest BCUT2D eigenvalue weighted by Gasteiger charge is -2.28. The van der Waals surface area contributed by atoms with Gasteiger partial charge in [-0.1, -0.05) is 20.8 Å². The fourth-order valence-electron chi connectivity index (χ4n) is 4.67. The van der Waals surface area contributed by atoms with E-state index in [4.69, 9.17) is 25.2 Å². The highest BCUT2D eigenvalue weighted by Gasteiger charge is 2.66. The molecule has 2 rings (SSSR count). The Hall–Kier alpha value is -1.75. The van der Waals surface area contributed by atoms with Crippen LogP contribution < -0.4 is 0 Å². The number of hydrogen-bond donors (Lipinski definition) is 5. The summed E-state index contributed by atoms with van der Waals surface area (Å²) in [5, 5.41) is 44.1. The number of aliphatic carboxylic acids is 3. The molecule has 2 saturated carbocycles. The Balaban J connectivity index is 0.000000347. The summed E-state index contributed by atoms with van der Waals surface area (Å²) in [4.78, 5) is 32.9. The smallest absolute Gasteiger partial charge is 0.336 e.